The Morgan fingerprint density at radius 1 is 0.556 bits per heavy atom. The number of hydrogen-bond donors (Lipinski definition) is 3. The lowest BCUT2D eigenvalue weighted by atomic mass is 10.0. The molecule has 0 bridgehead atoms. The van der Waals surface area contributed by atoms with Gasteiger partial charge < -0.3 is 17.2 Å². The predicted octanol–water partition coefficient (Wildman–Crippen LogP) is 3.61. The van der Waals surface area contributed by atoms with Crippen molar-refractivity contribution in [2.24, 2.45) is 17.2 Å². The van der Waals surface area contributed by atoms with Crippen LogP contribution in [-0.4, -0.2) is 5.79 Å². The van der Waals surface area contributed by atoms with E-state index in [0.717, 1.165) is 12.8 Å². The minimum Gasteiger partial charge on any atom is -0.301 e. The van der Waals surface area contributed by atoms with Gasteiger partial charge in [-0.2, -0.15) is 0 Å². The SMILES string of the molecule is CCCCCCCCCCCCCCC(N)(N)N. The monoisotopic (exact) mass is 257 g/mol. The van der Waals surface area contributed by atoms with Crippen LogP contribution in [0.15, 0.2) is 0 Å². The van der Waals surface area contributed by atoms with Gasteiger partial charge in [0, 0.05) is 0 Å². The molecule has 0 aliphatic carbocycles. The standard InChI is InChI=1S/C15H35N3/c1-2-3-4-5-6-7-8-9-10-11-12-13-14-15(16,17)18/h2-14,16-18H2,1H3. The first kappa shape index (κ1) is 17.9. The molecule has 0 rings (SSSR count). The van der Waals surface area contributed by atoms with Crippen LogP contribution in [-0.2, 0) is 0 Å². The lowest BCUT2D eigenvalue weighted by Gasteiger charge is -2.17. The summed E-state index contributed by atoms with van der Waals surface area (Å²) in [5.74, 6) is -0.960. The summed E-state index contributed by atoms with van der Waals surface area (Å²) in [5.41, 5.74) is 16.6. The first-order valence-electron chi connectivity index (χ1n) is 7.93. The zero-order valence-electron chi connectivity index (χ0n) is 12.4. The van der Waals surface area contributed by atoms with E-state index in [1.54, 1.807) is 0 Å². The number of hydrogen-bond acceptors (Lipinski definition) is 3. The number of nitrogens with two attached hydrogens (primary N) is 3. The van der Waals surface area contributed by atoms with Crippen molar-refractivity contribution in [3.05, 3.63) is 0 Å². The van der Waals surface area contributed by atoms with Crippen LogP contribution < -0.4 is 17.2 Å². The molecule has 0 amide bonds. The van der Waals surface area contributed by atoms with Crippen molar-refractivity contribution < 1.29 is 0 Å². The second kappa shape index (κ2) is 11.9. The third-order valence-corrected chi connectivity index (χ3v) is 3.46. The molecule has 0 aromatic heterocycles. The molecule has 0 aromatic rings. The van der Waals surface area contributed by atoms with Gasteiger partial charge in [0.1, 0.15) is 5.79 Å². The van der Waals surface area contributed by atoms with Crippen LogP contribution in [0.5, 0.6) is 0 Å². The summed E-state index contributed by atoms with van der Waals surface area (Å²) in [6, 6.07) is 0. The number of rotatable bonds is 13. The van der Waals surface area contributed by atoms with E-state index in [0.29, 0.717) is 0 Å². The maximum absolute atomic E-state index is 5.52. The Morgan fingerprint density at radius 2 is 0.889 bits per heavy atom. The molecule has 0 saturated carbocycles. The summed E-state index contributed by atoms with van der Waals surface area (Å²) in [6.45, 7) is 2.27. The molecule has 110 valence electrons. The Labute approximate surface area is 114 Å². The molecule has 3 heteroatoms. The van der Waals surface area contributed by atoms with Gasteiger partial charge in [-0.1, -0.05) is 77.6 Å². The molecule has 6 N–H and O–H groups in total. The highest BCUT2D eigenvalue weighted by Gasteiger charge is 2.09. The fourth-order valence-corrected chi connectivity index (χ4v) is 2.27. The van der Waals surface area contributed by atoms with Crippen molar-refractivity contribution in [1.29, 1.82) is 0 Å². The van der Waals surface area contributed by atoms with Crippen LogP contribution in [0.1, 0.15) is 90.4 Å². The van der Waals surface area contributed by atoms with Crippen molar-refractivity contribution in [2.75, 3.05) is 0 Å². The molecule has 0 unspecified atom stereocenters. The minimum atomic E-state index is -0.960. The molecule has 3 nitrogen and oxygen atoms in total. The molecular weight excluding hydrogens is 222 g/mol. The Balaban J connectivity index is 2.99. The molecular formula is C15H35N3. The summed E-state index contributed by atoms with van der Waals surface area (Å²) in [5, 5.41) is 0. The summed E-state index contributed by atoms with van der Waals surface area (Å²) < 4.78 is 0. The lowest BCUT2D eigenvalue weighted by Crippen LogP contribution is -2.57. The average Bonchev–Trinajstić information content (AvgIpc) is 2.29. The minimum absolute atomic E-state index is 0.727. The van der Waals surface area contributed by atoms with E-state index in [1.807, 2.05) is 0 Å². The Morgan fingerprint density at radius 3 is 1.22 bits per heavy atom. The van der Waals surface area contributed by atoms with E-state index < -0.39 is 5.79 Å². The van der Waals surface area contributed by atoms with E-state index in [9.17, 15) is 0 Å². The Kier molecular flexibility index (Phi) is 11.9. The fourth-order valence-electron chi connectivity index (χ4n) is 2.27. The van der Waals surface area contributed by atoms with E-state index >= 15 is 0 Å². The van der Waals surface area contributed by atoms with Gasteiger partial charge in [-0.15, -0.1) is 0 Å². The van der Waals surface area contributed by atoms with Gasteiger partial charge in [0.25, 0.3) is 0 Å². The topological polar surface area (TPSA) is 78.1 Å². The molecule has 18 heavy (non-hydrogen) atoms. The molecule has 0 aliphatic rings. The normalized spacial score (nSPS) is 12.0. The molecule has 0 atom stereocenters. The Bertz CT molecular complexity index is 164. The van der Waals surface area contributed by atoms with Crippen LogP contribution in [0.2, 0.25) is 0 Å². The summed E-state index contributed by atoms with van der Waals surface area (Å²) >= 11 is 0. The van der Waals surface area contributed by atoms with Crippen LogP contribution in [0, 0.1) is 0 Å². The van der Waals surface area contributed by atoms with Crippen LogP contribution in [0.3, 0.4) is 0 Å². The quantitative estimate of drug-likeness (QED) is 0.348. The van der Waals surface area contributed by atoms with Crippen LogP contribution >= 0.6 is 0 Å². The highest BCUT2D eigenvalue weighted by molar-refractivity contribution is 4.66. The maximum Gasteiger partial charge on any atom is 0.115 e. The average molecular weight is 257 g/mol. The highest BCUT2D eigenvalue weighted by Crippen LogP contribution is 2.12. The molecule has 0 radical (unpaired) electrons. The molecule has 0 aliphatic heterocycles. The second-order valence-electron chi connectivity index (χ2n) is 5.75. The van der Waals surface area contributed by atoms with Crippen LogP contribution in [0.25, 0.3) is 0 Å². The van der Waals surface area contributed by atoms with Crippen molar-refractivity contribution in [1.82, 2.24) is 0 Å². The third-order valence-electron chi connectivity index (χ3n) is 3.46. The van der Waals surface area contributed by atoms with Gasteiger partial charge >= 0.3 is 0 Å². The van der Waals surface area contributed by atoms with Crippen LogP contribution in [0.4, 0.5) is 0 Å². The predicted molar refractivity (Wildman–Crippen MR) is 81.0 cm³/mol. The van der Waals surface area contributed by atoms with E-state index in [4.69, 9.17) is 17.2 Å². The maximum atomic E-state index is 5.52. The Hall–Kier alpha value is -0.120. The van der Waals surface area contributed by atoms with Gasteiger partial charge in [-0.05, 0) is 12.8 Å². The zero-order chi connectivity index (χ0) is 13.7. The van der Waals surface area contributed by atoms with Gasteiger partial charge in [0.2, 0.25) is 0 Å². The fraction of sp³-hybridized carbons (Fsp3) is 1.00. The van der Waals surface area contributed by atoms with Gasteiger partial charge in [-0.3, -0.25) is 0 Å². The molecule has 0 saturated heterocycles. The lowest BCUT2D eigenvalue weighted by molar-refractivity contribution is 0.399. The highest BCUT2D eigenvalue weighted by atomic mass is 15.1. The van der Waals surface area contributed by atoms with Gasteiger partial charge in [0.15, 0.2) is 0 Å². The van der Waals surface area contributed by atoms with Gasteiger partial charge in [0.05, 0.1) is 0 Å². The van der Waals surface area contributed by atoms with E-state index in [-0.39, 0.29) is 0 Å². The second-order valence-corrected chi connectivity index (χ2v) is 5.75. The molecule has 0 aromatic carbocycles. The summed E-state index contributed by atoms with van der Waals surface area (Å²) in [4.78, 5) is 0. The van der Waals surface area contributed by atoms with Crippen molar-refractivity contribution in [3.8, 4) is 0 Å². The largest absolute Gasteiger partial charge is 0.301 e. The molecule has 0 heterocycles. The van der Waals surface area contributed by atoms with E-state index in [2.05, 4.69) is 6.92 Å². The van der Waals surface area contributed by atoms with Crippen molar-refractivity contribution >= 4 is 0 Å². The zero-order valence-corrected chi connectivity index (χ0v) is 12.4. The van der Waals surface area contributed by atoms with Crippen molar-refractivity contribution in [2.45, 2.75) is 96.2 Å². The first-order valence-corrected chi connectivity index (χ1v) is 7.93. The van der Waals surface area contributed by atoms with Crippen molar-refractivity contribution in [3.63, 3.8) is 0 Å². The van der Waals surface area contributed by atoms with Gasteiger partial charge in [-0.25, -0.2) is 0 Å². The smallest absolute Gasteiger partial charge is 0.115 e. The molecule has 0 fully saturated rings. The van der Waals surface area contributed by atoms with E-state index in [1.165, 1.54) is 70.6 Å². The third kappa shape index (κ3) is 15.9. The summed E-state index contributed by atoms with van der Waals surface area (Å²) in [7, 11) is 0. The number of unbranched alkanes of at least 4 members (excludes halogenated alkanes) is 11. The summed E-state index contributed by atoms with van der Waals surface area (Å²) in [6.07, 6.45) is 16.9. The molecule has 0 spiro atoms. The first-order chi connectivity index (χ1) is 8.56.